The molecule has 0 aromatic heterocycles. The number of nitrogen functional groups attached to an aromatic ring is 1. The van der Waals surface area contributed by atoms with Crippen LogP contribution in [0.3, 0.4) is 0 Å². The average molecular weight is 251 g/mol. The normalized spacial score (nSPS) is 9.61. The zero-order valence-corrected chi connectivity index (χ0v) is 10.2. The summed E-state index contributed by atoms with van der Waals surface area (Å²) in [7, 11) is 0. The van der Waals surface area contributed by atoms with Crippen molar-refractivity contribution in [3.63, 3.8) is 0 Å². The largest absolute Gasteiger partial charge is 0.484 e. The predicted octanol–water partition coefficient (Wildman–Crippen LogP) is -0.100. The van der Waals surface area contributed by atoms with Gasteiger partial charge in [-0.05, 0) is 24.3 Å². The van der Waals surface area contributed by atoms with Gasteiger partial charge in [0.15, 0.2) is 6.61 Å². The fraction of sp³-hybridized carbons (Fsp3) is 0.333. The molecule has 0 saturated heterocycles. The number of nitrogens with two attached hydrogens (primary N) is 1. The van der Waals surface area contributed by atoms with E-state index < -0.39 is 0 Å². The molecule has 6 nitrogen and oxygen atoms in total. The Kier molecular flexibility index (Phi) is 5.50. The number of carbonyl (C=O) groups is 2. The molecular formula is C12H17N3O3. The van der Waals surface area contributed by atoms with E-state index >= 15 is 0 Å². The molecule has 2 amide bonds. The minimum atomic E-state index is -0.239. The van der Waals surface area contributed by atoms with Crippen LogP contribution in [0.15, 0.2) is 24.3 Å². The first-order valence-corrected chi connectivity index (χ1v) is 5.57. The molecule has 0 aliphatic carbocycles. The summed E-state index contributed by atoms with van der Waals surface area (Å²) in [5, 5.41) is 5.19. The number of ether oxygens (including phenoxy) is 1. The van der Waals surface area contributed by atoms with Crippen LogP contribution in [0.5, 0.6) is 5.75 Å². The van der Waals surface area contributed by atoms with Crippen molar-refractivity contribution < 1.29 is 14.3 Å². The van der Waals surface area contributed by atoms with E-state index in [9.17, 15) is 9.59 Å². The molecular weight excluding hydrogens is 234 g/mol. The highest BCUT2D eigenvalue weighted by atomic mass is 16.5. The van der Waals surface area contributed by atoms with Crippen LogP contribution in [-0.4, -0.2) is 31.5 Å². The standard InChI is InChI=1S/C12H17N3O3/c1-9(16)14-6-7-15-12(17)8-18-11-4-2-10(13)3-5-11/h2-5H,6-8,13H2,1H3,(H,14,16)(H,15,17). The van der Waals surface area contributed by atoms with Crippen molar-refractivity contribution in [2.24, 2.45) is 0 Å². The average Bonchev–Trinajstić information content (AvgIpc) is 2.34. The SMILES string of the molecule is CC(=O)NCCNC(=O)COc1ccc(N)cc1. The summed E-state index contributed by atoms with van der Waals surface area (Å²) in [6, 6.07) is 6.79. The van der Waals surface area contributed by atoms with Gasteiger partial charge in [0.1, 0.15) is 5.75 Å². The first kappa shape index (κ1) is 13.8. The van der Waals surface area contributed by atoms with Gasteiger partial charge in [0, 0.05) is 25.7 Å². The Bertz CT molecular complexity index is 404. The molecule has 0 fully saturated rings. The lowest BCUT2D eigenvalue weighted by Gasteiger charge is -2.07. The molecule has 0 aliphatic rings. The van der Waals surface area contributed by atoms with Gasteiger partial charge >= 0.3 is 0 Å². The maximum absolute atomic E-state index is 11.4. The minimum absolute atomic E-state index is 0.0655. The van der Waals surface area contributed by atoms with E-state index in [0.717, 1.165) is 0 Å². The smallest absolute Gasteiger partial charge is 0.258 e. The lowest BCUT2D eigenvalue weighted by molar-refractivity contribution is -0.123. The number of amides is 2. The Morgan fingerprint density at radius 1 is 1.17 bits per heavy atom. The van der Waals surface area contributed by atoms with E-state index in [0.29, 0.717) is 24.5 Å². The van der Waals surface area contributed by atoms with Crippen LogP contribution in [0.25, 0.3) is 0 Å². The number of rotatable bonds is 6. The summed E-state index contributed by atoms with van der Waals surface area (Å²) in [5.41, 5.74) is 6.16. The summed E-state index contributed by atoms with van der Waals surface area (Å²) in [6.07, 6.45) is 0. The first-order valence-electron chi connectivity index (χ1n) is 5.57. The molecule has 0 atom stereocenters. The number of hydrogen-bond donors (Lipinski definition) is 3. The van der Waals surface area contributed by atoms with Crippen molar-refractivity contribution in [3.05, 3.63) is 24.3 Å². The molecule has 6 heteroatoms. The topological polar surface area (TPSA) is 93.5 Å². The van der Waals surface area contributed by atoms with Crippen molar-refractivity contribution in [3.8, 4) is 5.75 Å². The predicted molar refractivity (Wildman–Crippen MR) is 68.0 cm³/mol. The second-order valence-electron chi connectivity index (χ2n) is 3.69. The number of anilines is 1. The number of benzene rings is 1. The lowest BCUT2D eigenvalue weighted by atomic mass is 10.3. The zero-order valence-electron chi connectivity index (χ0n) is 10.2. The fourth-order valence-electron chi connectivity index (χ4n) is 1.20. The van der Waals surface area contributed by atoms with Crippen molar-refractivity contribution in [1.82, 2.24) is 10.6 Å². The third-order valence-electron chi connectivity index (χ3n) is 2.07. The van der Waals surface area contributed by atoms with Gasteiger partial charge in [-0.25, -0.2) is 0 Å². The molecule has 4 N–H and O–H groups in total. The van der Waals surface area contributed by atoms with Crippen LogP contribution in [0, 0.1) is 0 Å². The lowest BCUT2D eigenvalue weighted by Crippen LogP contribution is -2.36. The Morgan fingerprint density at radius 3 is 2.39 bits per heavy atom. The monoisotopic (exact) mass is 251 g/mol. The van der Waals surface area contributed by atoms with E-state index in [2.05, 4.69) is 10.6 Å². The Morgan fingerprint density at radius 2 is 1.78 bits per heavy atom. The van der Waals surface area contributed by atoms with Crippen LogP contribution < -0.4 is 21.1 Å². The number of nitrogens with one attached hydrogen (secondary N) is 2. The zero-order chi connectivity index (χ0) is 13.4. The van der Waals surface area contributed by atoms with Gasteiger partial charge in [-0.1, -0.05) is 0 Å². The van der Waals surface area contributed by atoms with E-state index in [4.69, 9.17) is 10.5 Å². The van der Waals surface area contributed by atoms with Crippen LogP contribution in [-0.2, 0) is 9.59 Å². The third-order valence-corrected chi connectivity index (χ3v) is 2.07. The molecule has 0 radical (unpaired) electrons. The number of hydrogen-bond acceptors (Lipinski definition) is 4. The molecule has 0 heterocycles. The molecule has 0 saturated carbocycles. The summed E-state index contributed by atoms with van der Waals surface area (Å²) in [5.74, 6) is 0.223. The number of carbonyl (C=O) groups excluding carboxylic acids is 2. The van der Waals surface area contributed by atoms with Crippen molar-refractivity contribution in [1.29, 1.82) is 0 Å². The van der Waals surface area contributed by atoms with Crippen LogP contribution in [0.4, 0.5) is 5.69 Å². The minimum Gasteiger partial charge on any atom is -0.484 e. The van der Waals surface area contributed by atoms with Crippen LogP contribution >= 0.6 is 0 Å². The van der Waals surface area contributed by atoms with Crippen molar-refractivity contribution >= 4 is 17.5 Å². The first-order chi connectivity index (χ1) is 8.58. The molecule has 0 spiro atoms. The van der Waals surface area contributed by atoms with Gasteiger partial charge in [-0.15, -0.1) is 0 Å². The van der Waals surface area contributed by atoms with Gasteiger partial charge < -0.3 is 21.1 Å². The molecule has 0 unspecified atom stereocenters. The second kappa shape index (κ2) is 7.16. The fourth-order valence-corrected chi connectivity index (χ4v) is 1.20. The highest BCUT2D eigenvalue weighted by molar-refractivity contribution is 5.77. The Labute approximate surface area is 105 Å². The molecule has 1 rings (SSSR count). The van der Waals surface area contributed by atoms with Gasteiger partial charge in [-0.3, -0.25) is 9.59 Å². The van der Waals surface area contributed by atoms with Crippen molar-refractivity contribution in [2.45, 2.75) is 6.92 Å². The van der Waals surface area contributed by atoms with Gasteiger partial charge in [0.05, 0.1) is 0 Å². The van der Waals surface area contributed by atoms with Crippen LogP contribution in [0.2, 0.25) is 0 Å². The maximum atomic E-state index is 11.4. The summed E-state index contributed by atoms with van der Waals surface area (Å²) < 4.78 is 5.25. The summed E-state index contributed by atoms with van der Waals surface area (Å²) in [6.45, 7) is 2.14. The third kappa shape index (κ3) is 5.74. The maximum Gasteiger partial charge on any atom is 0.258 e. The molecule has 1 aromatic rings. The summed E-state index contributed by atoms with van der Waals surface area (Å²) >= 11 is 0. The van der Waals surface area contributed by atoms with Crippen LogP contribution in [0.1, 0.15) is 6.92 Å². The Balaban J connectivity index is 2.17. The summed E-state index contributed by atoms with van der Waals surface area (Å²) in [4.78, 5) is 21.9. The molecule has 18 heavy (non-hydrogen) atoms. The van der Waals surface area contributed by atoms with Gasteiger partial charge in [0.2, 0.25) is 5.91 Å². The second-order valence-corrected chi connectivity index (χ2v) is 3.69. The van der Waals surface area contributed by atoms with E-state index in [1.165, 1.54) is 6.92 Å². The van der Waals surface area contributed by atoms with Crippen molar-refractivity contribution in [2.75, 3.05) is 25.4 Å². The quantitative estimate of drug-likeness (QED) is 0.486. The van der Waals surface area contributed by atoms with E-state index in [1.54, 1.807) is 24.3 Å². The molecule has 1 aromatic carbocycles. The van der Waals surface area contributed by atoms with E-state index in [-0.39, 0.29) is 18.4 Å². The highest BCUT2D eigenvalue weighted by Gasteiger charge is 2.02. The Hall–Kier alpha value is -2.24. The molecule has 0 aliphatic heterocycles. The van der Waals surface area contributed by atoms with E-state index in [1.807, 2.05) is 0 Å². The highest BCUT2D eigenvalue weighted by Crippen LogP contribution is 2.12. The molecule has 0 bridgehead atoms. The van der Waals surface area contributed by atoms with Gasteiger partial charge in [0.25, 0.3) is 5.91 Å². The van der Waals surface area contributed by atoms with Gasteiger partial charge in [-0.2, -0.15) is 0 Å². The molecule has 98 valence electrons.